The molecule has 26 heavy (non-hydrogen) atoms. The highest BCUT2D eigenvalue weighted by molar-refractivity contribution is 9.10. The molecule has 0 saturated carbocycles. The van der Waals surface area contributed by atoms with Crippen LogP contribution < -0.4 is 10.5 Å². The molecule has 0 radical (unpaired) electrons. The van der Waals surface area contributed by atoms with Gasteiger partial charge in [-0.05, 0) is 60.1 Å². The van der Waals surface area contributed by atoms with Crippen molar-refractivity contribution in [1.29, 1.82) is 0 Å². The van der Waals surface area contributed by atoms with Gasteiger partial charge in [-0.3, -0.25) is 4.79 Å². The van der Waals surface area contributed by atoms with Crippen molar-refractivity contribution in [2.24, 2.45) is 5.73 Å². The van der Waals surface area contributed by atoms with Crippen molar-refractivity contribution in [2.45, 2.75) is 26.4 Å². The first kappa shape index (κ1) is 18.5. The summed E-state index contributed by atoms with van der Waals surface area (Å²) in [6.07, 6.45) is 2.38. The van der Waals surface area contributed by atoms with Gasteiger partial charge < -0.3 is 10.5 Å². The number of hydrogen-bond acceptors (Lipinski definition) is 5. The minimum absolute atomic E-state index is 0.0360. The second-order valence-electron chi connectivity index (χ2n) is 6.03. The fourth-order valence-electron chi connectivity index (χ4n) is 2.45. The van der Waals surface area contributed by atoms with Gasteiger partial charge in [0.05, 0.1) is 16.8 Å². The molecule has 2 heterocycles. The van der Waals surface area contributed by atoms with Crippen molar-refractivity contribution in [2.75, 3.05) is 0 Å². The van der Waals surface area contributed by atoms with Crippen LogP contribution in [0.5, 0.6) is 5.75 Å². The van der Waals surface area contributed by atoms with Gasteiger partial charge in [-0.15, -0.1) is 11.3 Å². The molecule has 0 saturated heterocycles. The molecule has 2 N–H and O–H groups in total. The average Bonchev–Trinajstić information content (AvgIpc) is 3.05. The van der Waals surface area contributed by atoms with Crippen molar-refractivity contribution in [1.82, 2.24) is 9.97 Å². The predicted octanol–water partition coefficient (Wildman–Crippen LogP) is 4.44. The van der Waals surface area contributed by atoms with Crippen LogP contribution in [-0.2, 0) is 6.42 Å². The van der Waals surface area contributed by atoms with Gasteiger partial charge in [0, 0.05) is 34.7 Å². The molecule has 0 aliphatic rings. The minimum Gasteiger partial charge on any atom is -0.491 e. The van der Waals surface area contributed by atoms with Gasteiger partial charge in [0.2, 0.25) is 5.91 Å². The zero-order valence-electron chi connectivity index (χ0n) is 14.4. The van der Waals surface area contributed by atoms with Crippen LogP contribution in [0.1, 0.15) is 34.8 Å². The Kier molecular flexibility index (Phi) is 5.68. The van der Waals surface area contributed by atoms with Crippen LogP contribution in [0.15, 0.2) is 46.5 Å². The molecule has 1 amide bonds. The van der Waals surface area contributed by atoms with Crippen molar-refractivity contribution < 1.29 is 9.53 Å². The standard InChI is InChI=1S/C19H18BrN3O2S/c1-11(2)25-16-5-3-12(19(21)24)7-14(16)8-18-23-15(10-26-18)13-4-6-17(20)22-9-13/h3-7,9-11H,8H2,1-2H3,(H2,21,24). The van der Waals surface area contributed by atoms with E-state index < -0.39 is 5.91 Å². The van der Waals surface area contributed by atoms with Gasteiger partial charge in [-0.2, -0.15) is 0 Å². The lowest BCUT2D eigenvalue weighted by atomic mass is 10.1. The Morgan fingerprint density at radius 2 is 2.12 bits per heavy atom. The zero-order valence-corrected chi connectivity index (χ0v) is 16.8. The fourth-order valence-corrected chi connectivity index (χ4v) is 3.52. The van der Waals surface area contributed by atoms with E-state index in [1.54, 1.807) is 35.7 Å². The van der Waals surface area contributed by atoms with Crippen LogP contribution in [0, 0.1) is 0 Å². The smallest absolute Gasteiger partial charge is 0.248 e. The first-order chi connectivity index (χ1) is 12.4. The highest BCUT2D eigenvalue weighted by Gasteiger charge is 2.13. The van der Waals surface area contributed by atoms with Crippen LogP contribution in [0.25, 0.3) is 11.3 Å². The number of amides is 1. The van der Waals surface area contributed by atoms with E-state index in [-0.39, 0.29) is 6.10 Å². The monoisotopic (exact) mass is 431 g/mol. The predicted molar refractivity (Wildman–Crippen MR) is 107 cm³/mol. The number of primary amides is 1. The molecule has 3 aromatic rings. The Morgan fingerprint density at radius 1 is 1.31 bits per heavy atom. The maximum absolute atomic E-state index is 11.5. The third kappa shape index (κ3) is 4.47. The molecule has 0 aliphatic carbocycles. The Labute approximate surface area is 164 Å². The van der Waals surface area contributed by atoms with Gasteiger partial charge in [0.1, 0.15) is 10.4 Å². The number of carbonyl (C=O) groups is 1. The van der Waals surface area contributed by atoms with Crippen molar-refractivity contribution >= 4 is 33.2 Å². The number of benzene rings is 1. The van der Waals surface area contributed by atoms with Gasteiger partial charge >= 0.3 is 0 Å². The summed E-state index contributed by atoms with van der Waals surface area (Å²) in [5.41, 5.74) is 8.61. The highest BCUT2D eigenvalue weighted by Crippen LogP contribution is 2.28. The third-order valence-corrected chi connectivity index (χ3v) is 4.94. The largest absolute Gasteiger partial charge is 0.491 e. The maximum Gasteiger partial charge on any atom is 0.248 e. The number of nitrogens with two attached hydrogens (primary N) is 1. The van der Waals surface area contributed by atoms with Crippen LogP contribution >= 0.6 is 27.3 Å². The highest BCUT2D eigenvalue weighted by atomic mass is 79.9. The summed E-state index contributed by atoms with van der Waals surface area (Å²) >= 11 is 4.90. The molecular weight excluding hydrogens is 414 g/mol. The van der Waals surface area contributed by atoms with E-state index in [0.717, 1.165) is 32.2 Å². The Hall–Kier alpha value is -2.25. The molecule has 1 aromatic carbocycles. The van der Waals surface area contributed by atoms with E-state index in [0.29, 0.717) is 12.0 Å². The molecule has 0 bridgehead atoms. The number of carbonyl (C=O) groups excluding carboxylic acids is 1. The van der Waals surface area contributed by atoms with E-state index in [1.807, 2.05) is 31.4 Å². The number of hydrogen-bond donors (Lipinski definition) is 1. The Morgan fingerprint density at radius 3 is 2.77 bits per heavy atom. The van der Waals surface area contributed by atoms with Gasteiger partial charge in [-0.1, -0.05) is 0 Å². The molecule has 0 unspecified atom stereocenters. The topological polar surface area (TPSA) is 78.1 Å². The molecule has 0 fully saturated rings. The summed E-state index contributed by atoms with van der Waals surface area (Å²) in [5.74, 6) is 0.287. The Bertz CT molecular complexity index is 923. The zero-order chi connectivity index (χ0) is 18.7. The molecule has 0 atom stereocenters. The molecule has 2 aromatic heterocycles. The van der Waals surface area contributed by atoms with Gasteiger partial charge in [0.25, 0.3) is 0 Å². The number of nitrogens with zero attached hydrogens (tertiary/aromatic N) is 2. The average molecular weight is 432 g/mol. The van der Waals surface area contributed by atoms with E-state index >= 15 is 0 Å². The molecule has 5 nitrogen and oxygen atoms in total. The van der Waals surface area contributed by atoms with Gasteiger partial charge in [0.15, 0.2) is 0 Å². The third-order valence-electron chi connectivity index (χ3n) is 3.62. The number of ether oxygens (including phenoxy) is 1. The molecule has 7 heteroatoms. The molecule has 0 aliphatic heterocycles. The number of halogens is 1. The lowest BCUT2D eigenvalue weighted by molar-refractivity contribution is 0.1000. The molecule has 0 spiro atoms. The van der Waals surface area contributed by atoms with Crippen LogP contribution in [0.4, 0.5) is 0 Å². The molecule has 134 valence electrons. The first-order valence-electron chi connectivity index (χ1n) is 8.08. The summed E-state index contributed by atoms with van der Waals surface area (Å²) in [6.45, 7) is 3.93. The van der Waals surface area contributed by atoms with Crippen molar-refractivity contribution in [3.63, 3.8) is 0 Å². The molecule has 3 rings (SSSR count). The van der Waals surface area contributed by atoms with E-state index in [2.05, 4.69) is 20.9 Å². The summed E-state index contributed by atoms with van der Waals surface area (Å²) in [7, 11) is 0. The van der Waals surface area contributed by atoms with E-state index in [1.165, 1.54) is 0 Å². The van der Waals surface area contributed by atoms with Crippen molar-refractivity contribution in [3.05, 3.63) is 62.6 Å². The number of pyridine rings is 1. The maximum atomic E-state index is 11.5. The lowest BCUT2D eigenvalue weighted by Crippen LogP contribution is -2.13. The van der Waals surface area contributed by atoms with Gasteiger partial charge in [-0.25, -0.2) is 9.97 Å². The van der Waals surface area contributed by atoms with Crippen LogP contribution in [0.2, 0.25) is 0 Å². The normalized spacial score (nSPS) is 10.9. The second kappa shape index (κ2) is 7.97. The van der Waals surface area contributed by atoms with Crippen molar-refractivity contribution in [3.8, 4) is 17.0 Å². The summed E-state index contributed by atoms with van der Waals surface area (Å²) in [6, 6.07) is 9.12. The van der Waals surface area contributed by atoms with Crippen LogP contribution in [-0.4, -0.2) is 22.0 Å². The molecular formula is C19H18BrN3O2S. The number of rotatable bonds is 6. The first-order valence-corrected chi connectivity index (χ1v) is 9.75. The van der Waals surface area contributed by atoms with Crippen LogP contribution in [0.3, 0.4) is 0 Å². The number of aromatic nitrogens is 2. The quantitative estimate of drug-likeness (QED) is 0.584. The number of thiazole rings is 1. The fraction of sp³-hybridized carbons (Fsp3) is 0.211. The summed E-state index contributed by atoms with van der Waals surface area (Å²) in [5, 5.41) is 2.93. The van der Waals surface area contributed by atoms with E-state index in [4.69, 9.17) is 15.5 Å². The minimum atomic E-state index is -0.455. The Balaban J connectivity index is 1.89. The summed E-state index contributed by atoms with van der Waals surface area (Å²) in [4.78, 5) is 20.4. The SMILES string of the molecule is CC(C)Oc1ccc(C(N)=O)cc1Cc1nc(-c2ccc(Br)nc2)cs1. The second-order valence-corrected chi connectivity index (χ2v) is 7.78. The summed E-state index contributed by atoms with van der Waals surface area (Å²) < 4.78 is 6.65. The van der Waals surface area contributed by atoms with E-state index in [9.17, 15) is 4.79 Å². The lowest BCUT2D eigenvalue weighted by Gasteiger charge is -2.14.